The standard InChI is InChI=1S/C12H20N2/c1-6-11-10(2)14(5)8-7-12(3,4)9-13-11/h6-11H,1H2,2-5H3. The van der Waals surface area contributed by atoms with Crippen LogP contribution in [0.15, 0.2) is 29.9 Å². The molecule has 0 radical (unpaired) electrons. The van der Waals surface area contributed by atoms with E-state index >= 15 is 0 Å². The smallest absolute Gasteiger partial charge is 0.0873 e. The van der Waals surface area contributed by atoms with Gasteiger partial charge in [-0.2, -0.15) is 0 Å². The van der Waals surface area contributed by atoms with Crippen LogP contribution in [0.25, 0.3) is 0 Å². The molecule has 0 fully saturated rings. The lowest BCUT2D eigenvalue weighted by Crippen LogP contribution is -2.35. The Morgan fingerprint density at radius 1 is 1.50 bits per heavy atom. The highest BCUT2D eigenvalue weighted by atomic mass is 15.1. The predicted molar refractivity (Wildman–Crippen MR) is 62.6 cm³/mol. The van der Waals surface area contributed by atoms with Gasteiger partial charge in [0.25, 0.3) is 0 Å². The number of hydrogen-bond donors (Lipinski definition) is 0. The van der Waals surface area contributed by atoms with Crippen molar-refractivity contribution in [3.63, 3.8) is 0 Å². The number of likely N-dealkylation sites (N-methyl/N-ethyl adjacent to an activating group) is 1. The number of allylic oxidation sites excluding steroid dienone is 1. The molecule has 0 aliphatic carbocycles. The number of hydrogen-bond acceptors (Lipinski definition) is 2. The molecular formula is C12H20N2. The molecule has 2 heteroatoms. The largest absolute Gasteiger partial charge is 0.376 e. The Hall–Kier alpha value is -1.05. The molecule has 0 aromatic rings. The average Bonchev–Trinajstić information content (AvgIpc) is 2.13. The minimum atomic E-state index is 0.0374. The van der Waals surface area contributed by atoms with Crippen molar-refractivity contribution in [2.45, 2.75) is 32.9 Å². The van der Waals surface area contributed by atoms with Crippen molar-refractivity contribution in [1.82, 2.24) is 4.90 Å². The van der Waals surface area contributed by atoms with E-state index in [-0.39, 0.29) is 11.5 Å². The maximum absolute atomic E-state index is 4.55. The first-order valence-electron chi connectivity index (χ1n) is 5.04. The average molecular weight is 192 g/mol. The highest BCUT2D eigenvalue weighted by Crippen LogP contribution is 2.19. The van der Waals surface area contributed by atoms with Crippen molar-refractivity contribution in [1.29, 1.82) is 0 Å². The molecular weight excluding hydrogens is 172 g/mol. The van der Waals surface area contributed by atoms with Gasteiger partial charge in [0.15, 0.2) is 0 Å². The molecule has 1 heterocycles. The number of nitrogens with zero attached hydrogens (tertiary/aromatic N) is 2. The van der Waals surface area contributed by atoms with Crippen LogP contribution in [0.2, 0.25) is 0 Å². The van der Waals surface area contributed by atoms with Gasteiger partial charge in [-0.15, -0.1) is 6.58 Å². The van der Waals surface area contributed by atoms with Gasteiger partial charge in [0, 0.05) is 18.7 Å². The van der Waals surface area contributed by atoms with Crippen LogP contribution >= 0.6 is 0 Å². The van der Waals surface area contributed by atoms with E-state index in [0.717, 1.165) is 0 Å². The Kier molecular flexibility index (Phi) is 3.14. The van der Waals surface area contributed by atoms with Gasteiger partial charge in [-0.1, -0.05) is 26.0 Å². The van der Waals surface area contributed by atoms with Crippen LogP contribution in [0.1, 0.15) is 20.8 Å². The summed E-state index contributed by atoms with van der Waals surface area (Å²) < 4.78 is 0. The van der Waals surface area contributed by atoms with Gasteiger partial charge in [-0.3, -0.25) is 4.99 Å². The predicted octanol–water partition coefficient (Wildman–Crippen LogP) is 2.49. The van der Waals surface area contributed by atoms with Gasteiger partial charge in [0.2, 0.25) is 0 Å². The zero-order valence-electron chi connectivity index (χ0n) is 9.57. The van der Waals surface area contributed by atoms with Gasteiger partial charge >= 0.3 is 0 Å². The molecule has 0 spiro atoms. The van der Waals surface area contributed by atoms with Crippen molar-refractivity contribution in [3.05, 3.63) is 24.9 Å². The SMILES string of the molecule is C=CC1N=CC(C)(C)C=CN(C)C1C. The summed E-state index contributed by atoms with van der Waals surface area (Å²) in [4.78, 5) is 6.74. The van der Waals surface area contributed by atoms with Crippen LogP contribution in [0.3, 0.4) is 0 Å². The summed E-state index contributed by atoms with van der Waals surface area (Å²) in [5.74, 6) is 0. The zero-order valence-corrected chi connectivity index (χ0v) is 9.57. The fraction of sp³-hybridized carbons (Fsp3) is 0.583. The first-order valence-corrected chi connectivity index (χ1v) is 5.04. The molecule has 0 aromatic carbocycles. The Balaban J connectivity index is 2.95. The normalized spacial score (nSPS) is 31.0. The molecule has 0 saturated carbocycles. The summed E-state index contributed by atoms with van der Waals surface area (Å²) >= 11 is 0. The first-order chi connectivity index (χ1) is 6.46. The monoisotopic (exact) mass is 192 g/mol. The highest BCUT2D eigenvalue weighted by Gasteiger charge is 2.20. The minimum Gasteiger partial charge on any atom is -0.376 e. The lowest BCUT2D eigenvalue weighted by molar-refractivity contribution is 0.322. The topological polar surface area (TPSA) is 15.6 Å². The summed E-state index contributed by atoms with van der Waals surface area (Å²) in [5.41, 5.74) is 0.0374. The van der Waals surface area contributed by atoms with Gasteiger partial charge in [-0.05, 0) is 13.1 Å². The molecule has 2 unspecified atom stereocenters. The third kappa shape index (κ3) is 2.47. The Labute approximate surface area is 87.0 Å². The van der Waals surface area contributed by atoms with E-state index in [2.05, 4.69) is 56.6 Å². The van der Waals surface area contributed by atoms with Gasteiger partial charge in [-0.25, -0.2) is 0 Å². The minimum absolute atomic E-state index is 0.0374. The Morgan fingerprint density at radius 2 is 2.14 bits per heavy atom. The molecule has 1 aliphatic heterocycles. The van der Waals surface area contributed by atoms with Gasteiger partial charge in [0.05, 0.1) is 12.1 Å². The third-order valence-electron chi connectivity index (χ3n) is 2.70. The molecule has 1 rings (SSSR count). The molecule has 0 aromatic heterocycles. The summed E-state index contributed by atoms with van der Waals surface area (Å²) in [6.45, 7) is 10.3. The molecule has 14 heavy (non-hydrogen) atoms. The van der Waals surface area contributed by atoms with Gasteiger partial charge < -0.3 is 4.90 Å². The van der Waals surface area contributed by atoms with E-state index in [9.17, 15) is 0 Å². The second-order valence-electron chi connectivity index (χ2n) is 4.55. The maximum Gasteiger partial charge on any atom is 0.0873 e. The molecule has 0 bridgehead atoms. The molecule has 0 N–H and O–H groups in total. The fourth-order valence-electron chi connectivity index (χ4n) is 1.39. The second-order valence-corrected chi connectivity index (χ2v) is 4.55. The fourth-order valence-corrected chi connectivity index (χ4v) is 1.39. The first kappa shape index (κ1) is 11.0. The molecule has 0 amide bonds. The van der Waals surface area contributed by atoms with Crippen molar-refractivity contribution in [2.75, 3.05) is 7.05 Å². The van der Waals surface area contributed by atoms with Crippen molar-refractivity contribution in [2.24, 2.45) is 10.4 Å². The van der Waals surface area contributed by atoms with Crippen LogP contribution in [0.5, 0.6) is 0 Å². The summed E-state index contributed by atoms with van der Waals surface area (Å²) in [7, 11) is 2.08. The Morgan fingerprint density at radius 3 is 2.71 bits per heavy atom. The molecule has 2 nitrogen and oxygen atoms in total. The van der Waals surface area contributed by atoms with Crippen LogP contribution < -0.4 is 0 Å². The van der Waals surface area contributed by atoms with Crippen molar-refractivity contribution >= 4 is 6.21 Å². The van der Waals surface area contributed by atoms with E-state index in [1.54, 1.807) is 0 Å². The van der Waals surface area contributed by atoms with E-state index in [0.29, 0.717) is 6.04 Å². The van der Waals surface area contributed by atoms with Crippen molar-refractivity contribution in [3.8, 4) is 0 Å². The number of rotatable bonds is 1. The Bertz CT molecular complexity index is 263. The quantitative estimate of drug-likeness (QED) is 0.583. The van der Waals surface area contributed by atoms with Crippen LogP contribution in [0.4, 0.5) is 0 Å². The third-order valence-corrected chi connectivity index (χ3v) is 2.70. The summed E-state index contributed by atoms with van der Waals surface area (Å²) in [6, 6.07) is 0.556. The lowest BCUT2D eigenvalue weighted by atomic mass is 9.94. The van der Waals surface area contributed by atoms with Crippen LogP contribution in [-0.2, 0) is 0 Å². The highest BCUT2D eigenvalue weighted by molar-refractivity contribution is 5.68. The van der Waals surface area contributed by atoms with Gasteiger partial charge in [0.1, 0.15) is 0 Å². The molecule has 0 saturated heterocycles. The van der Waals surface area contributed by atoms with E-state index in [1.807, 2.05) is 12.3 Å². The number of aliphatic imine (C=N–C) groups is 1. The maximum atomic E-state index is 4.55. The van der Waals surface area contributed by atoms with E-state index < -0.39 is 0 Å². The summed E-state index contributed by atoms with van der Waals surface area (Å²) in [5, 5.41) is 0. The second kappa shape index (κ2) is 3.99. The molecule has 1 aliphatic rings. The zero-order chi connectivity index (χ0) is 10.8. The molecule has 2 atom stereocenters. The van der Waals surface area contributed by atoms with Crippen LogP contribution in [0, 0.1) is 5.41 Å². The van der Waals surface area contributed by atoms with E-state index in [4.69, 9.17) is 0 Å². The lowest BCUT2D eigenvalue weighted by Gasteiger charge is -2.30. The summed E-state index contributed by atoms with van der Waals surface area (Å²) in [6.07, 6.45) is 8.23. The van der Waals surface area contributed by atoms with E-state index in [1.165, 1.54) is 0 Å². The van der Waals surface area contributed by atoms with Crippen LogP contribution in [-0.4, -0.2) is 30.2 Å². The van der Waals surface area contributed by atoms with Crippen molar-refractivity contribution < 1.29 is 0 Å². The molecule has 78 valence electrons.